The summed E-state index contributed by atoms with van der Waals surface area (Å²) in [5, 5.41) is 4.16. The molecule has 1 aliphatic rings. The molecule has 27 heavy (non-hydrogen) atoms. The molecule has 0 saturated carbocycles. The monoisotopic (exact) mass is 379 g/mol. The zero-order valence-electron chi connectivity index (χ0n) is 15.6. The molecule has 2 heterocycles. The number of aromatic nitrogens is 2. The highest BCUT2D eigenvalue weighted by Crippen LogP contribution is 2.33. The molecular weight excluding hydrogens is 358 g/mol. The van der Waals surface area contributed by atoms with Crippen LogP contribution in [0.5, 0.6) is 0 Å². The molecule has 1 saturated heterocycles. The Balaban J connectivity index is 1.56. The van der Waals surface area contributed by atoms with Crippen molar-refractivity contribution in [2.24, 2.45) is 0 Å². The number of hydrogen-bond acceptors (Lipinski definition) is 5. The van der Waals surface area contributed by atoms with Crippen molar-refractivity contribution in [1.29, 1.82) is 0 Å². The van der Waals surface area contributed by atoms with Gasteiger partial charge in [0.1, 0.15) is 0 Å². The quantitative estimate of drug-likeness (QED) is 0.620. The minimum Gasteiger partial charge on any atom is -0.339 e. The summed E-state index contributed by atoms with van der Waals surface area (Å²) in [6, 6.07) is 14.2. The predicted octanol–water partition coefficient (Wildman–Crippen LogP) is 4.60. The van der Waals surface area contributed by atoms with E-state index >= 15 is 0 Å². The third-order valence-corrected chi connectivity index (χ3v) is 5.68. The summed E-state index contributed by atoms with van der Waals surface area (Å²) in [7, 11) is 0. The van der Waals surface area contributed by atoms with Crippen molar-refractivity contribution >= 4 is 23.4 Å². The summed E-state index contributed by atoms with van der Waals surface area (Å²) in [4.78, 5) is 20.1. The molecule has 5 nitrogen and oxygen atoms in total. The Labute approximate surface area is 162 Å². The van der Waals surface area contributed by atoms with E-state index in [1.54, 1.807) is 16.7 Å². The van der Waals surface area contributed by atoms with E-state index in [4.69, 9.17) is 4.52 Å². The van der Waals surface area contributed by atoms with Crippen LogP contribution in [0.4, 0.5) is 5.69 Å². The Morgan fingerprint density at radius 3 is 2.67 bits per heavy atom. The summed E-state index contributed by atoms with van der Waals surface area (Å²) in [5.41, 5.74) is 4.14. The summed E-state index contributed by atoms with van der Waals surface area (Å²) in [5.74, 6) is 1.12. The van der Waals surface area contributed by atoms with E-state index in [1.165, 1.54) is 4.90 Å². The van der Waals surface area contributed by atoms with E-state index < -0.39 is 0 Å². The van der Waals surface area contributed by atoms with Crippen LogP contribution in [0.3, 0.4) is 0 Å². The molecule has 138 valence electrons. The van der Waals surface area contributed by atoms with Crippen molar-refractivity contribution < 1.29 is 9.32 Å². The number of rotatable bonds is 4. The molecule has 1 aliphatic heterocycles. The zero-order valence-corrected chi connectivity index (χ0v) is 16.4. The second-order valence-electron chi connectivity index (χ2n) is 6.88. The topological polar surface area (TPSA) is 59.2 Å². The number of aryl methyl sites for hydroxylation is 2. The lowest BCUT2D eigenvalue weighted by atomic mass is 10.1. The van der Waals surface area contributed by atoms with Crippen molar-refractivity contribution in [2.45, 2.75) is 31.1 Å². The van der Waals surface area contributed by atoms with Crippen molar-refractivity contribution in [3.8, 4) is 11.4 Å². The SMILES string of the molecule is CSc1ccc(N2CC(c3nc(-c4cc(C)ccc4C)no3)CC2=O)cc1. The Kier molecular flexibility index (Phi) is 4.74. The van der Waals surface area contributed by atoms with Gasteiger partial charge < -0.3 is 9.42 Å². The van der Waals surface area contributed by atoms with E-state index in [2.05, 4.69) is 28.3 Å². The van der Waals surface area contributed by atoms with E-state index in [0.717, 1.165) is 22.4 Å². The summed E-state index contributed by atoms with van der Waals surface area (Å²) in [6.07, 6.45) is 2.42. The second-order valence-corrected chi connectivity index (χ2v) is 7.76. The van der Waals surface area contributed by atoms with Gasteiger partial charge in [-0.15, -0.1) is 11.8 Å². The van der Waals surface area contributed by atoms with Gasteiger partial charge in [0.2, 0.25) is 17.6 Å². The fraction of sp³-hybridized carbons (Fsp3) is 0.286. The molecule has 0 bridgehead atoms. The van der Waals surface area contributed by atoms with Gasteiger partial charge in [-0.05, 0) is 56.0 Å². The molecule has 1 fully saturated rings. The third kappa shape index (κ3) is 3.49. The van der Waals surface area contributed by atoms with E-state index in [9.17, 15) is 4.79 Å². The molecule has 3 aromatic rings. The molecule has 1 atom stereocenters. The van der Waals surface area contributed by atoms with Crippen LogP contribution in [0, 0.1) is 13.8 Å². The minimum atomic E-state index is -0.0795. The summed E-state index contributed by atoms with van der Waals surface area (Å²) in [6.45, 7) is 4.63. The number of carbonyl (C=O) groups is 1. The first kappa shape index (κ1) is 17.8. The van der Waals surface area contributed by atoms with Crippen LogP contribution in [0.15, 0.2) is 51.9 Å². The molecule has 0 spiro atoms. The Morgan fingerprint density at radius 1 is 1.15 bits per heavy atom. The standard InChI is InChI=1S/C21H21N3O2S/c1-13-4-5-14(2)18(10-13)20-22-21(26-23-20)15-11-19(25)24(12-15)16-6-8-17(27-3)9-7-16/h4-10,15H,11-12H2,1-3H3. The normalized spacial score (nSPS) is 16.9. The van der Waals surface area contributed by atoms with Gasteiger partial charge in [0, 0.05) is 29.1 Å². The van der Waals surface area contributed by atoms with Crippen LogP contribution in [0.1, 0.15) is 29.4 Å². The first-order valence-corrected chi connectivity index (χ1v) is 10.1. The van der Waals surface area contributed by atoms with E-state index in [1.807, 2.05) is 44.4 Å². The smallest absolute Gasteiger partial charge is 0.232 e. The Hall–Kier alpha value is -2.60. The van der Waals surface area contributed by atoms with Crippen molar-refractivity contribution in [2.75, 3.05) is 17.7 Å². The maximum atomic E-state index is 12.5. The number of benzene rings is 2. The van der Waals surface area contributed by atoms with Crippen LogP contribution in [-0.2, 0) is 4.79 Å². The Morgan fingerprint density at radius 2 is 1.93 bits per heavy atom. The molecule has 1 amide bonds. The van der Waals surface area contributed by atoms with Gasteiger partial charge in [-0.3, -0.25) is 4.79 Å². The predicted molar refractivity (Wildman–Crippen MR) is 107 cm³/mol. The fourth-order valence-corrected chi connectivity index (χ4v) is 3.78. The highest BCUT2D eigenvalue weighted by Gasteiger charge is 2.35. The maximum Gasteiger partial charge on any atom is 0.232 e. The van der Waals surface area contributed by atoms with Crippen LogP contribution in [-0.4, -0.2) is 28.8 Å². The van der Waals surface area contributed by atoms with Crippen LogP contribution in [0.2, 0.25) is 0 Å². The maximum absolute atomic E-state index is 12.5. The molecule has 6 heteroatoms. The number of hydrogen-bond donors (Lipinski definition) is 0. The number of carbonyl (C=O) groups excluding carboxylic acids is 1. The summed E-state index contributed by atoms with van der Waals surface area (Å²) >= 11 is 1.68. The number of anilines is 1. The fourth-order valence-electron chi connectivity index (χ4n) is 3.37. The Bertz CT molecular complexity index is 981. The minimum absolute atomic E-state index is 0.0795. The lowest BCUT2D eigenvalue weighted by molar-refractivity contribution is -0.117. The average Bonchev–Trinajstić information content (AvgIpc) is 3.31. The molecule has 1 aromatic heterocycles. The lowest BCUT2D eigenvalue weighted by Crippen LogP contribution is -2.24. The molecule has 2 aromatic carbocycles. The highest BCUT2D eigenvalue weighted by molar-refractivity contribution is 7.98. The first-order chi connectivity index (χ1) is 13.0. The molecule has 0 aliphatic carbocycles. The van der Waals surface area contributed by atoms with Gasteiger partial charge in [0.05, 0.1) is 5.92 Å². The number of nitrogens with zero attached hydrogens (tertiary/aromatic N) is 3. The lowest BCUT2D eigenvalue weighted by Gasteiger charge is -2.16. The van der Waals surface area contributed by atoms with Crippen LogP contribution in [0.25, 0.3) is 11.4 Å². The van der Waals surface area contributed by atoms with E-state index in [-0.39, 0.29) is 11.8 Å². The second kappa shape index (κ2) is 7.19. The zero-order chi connectivity index (χ0) is 19.0. The average molecular weight is 379 g/mol. The first-order valence-electron chi connectivity index (χ1n) is 8.91. The summed E-state index contributed by atoms with van der Waals surface area (Å²) < 4.78 is 5.52. The van der Waals surface area contributed by atoms with Crippen molar-refractivity contribution in [1.82, 2.24) is 10.1 Å². The number of thioether (sulfide) groups is 1. The third-order valence-electron chi connectivity index (χ3n) is 4.93. The molecule has 1 unspecified atom stereocenters. The number of amides is 1. The largest absolute Gasteiger partial charge is 0.339 e. The van der Waals surface area contributed by atoms with Gasteiger partial charge in [-0.25, -0.2) is 0 Å². The van der Waals surface area contributed by atoms with Gasteiger partial charge in [-0.2, -0.15) is 4.98 Å². The van der Waals surface area contributed by atoms with Gasteiger partial charge in [0.15, 0.2) is 0 Å². The van der Waals surface area contributed by atoms with Crippen LogP contribution < -0.4 is 4.90 Å². The van der Waals surface area contributed by atoms with Crippen molar-refractivity contribution in [3.05, 3.63) is 59.5 Å². The van der Waals surface area contributed by atoms with Crippen molar-refractivity contribution in [3.63, 3.8) is 0 Å². The molecule has 0 radical (unpaired) electrons. The van der Waals surface area contributed by atoms with Gasteiger partial charge in [0.25, 0.3) is 0 Å². The molecular formula is C21H21N3O2S. The van der Waals surface area contributed by atoms with Gasteiger partial charge >= 0.3 is 0 Å². The van der Waals surface area contributed by atoms with E-state index in [0.29, 0.717) is 24.7 Å². The highest BCUT2D eigenvalue weighted by atomic mass is 32.2. The molecule has 0 N–H and O–H groups in total. The molecule has 4 rings (SSSR count). The van der Waals surface area contributed by atoms with Crippen LogP contribution >= 0.6 is 11.8 Å². The van der Waals surface area contributed by atoms with Gasteiger partial charge in [-0.1, -0.05) is 22.9 Å².